The Morgan fingerprint density at radius 3 is 2.87 bits per heavy atom. The van der Waals surface area contributed by atoms with Gasteiger partial charge in [-0.3, -0.25) is 0 Å². The highest BCUT2D eigenvalue weighted by atomic mass is 127. The molecule has 3 aromatic rings. The fourth-order valence-corrected chi connectivity index (χ4v) is 6.78. The lowest BCUT2D eigenvalue weighted by molar-refractivity contribution is 0.343. The quantitative estimate of drug-likeness (QED) is 0.417. The number of aryl methyl sites for hydroxylation is 2. The zero-order valence-corrected chi connectivity index (χ0v) is 20.2. The van der Waals surface area contributed by atoms with E-state index in [9.17, 15) is 12.8 Å². The maximum atomic E-state index is 14.3. The number of sulfonamides is 1. The van der Waals surface area contributed by atoms with E-state index in [0.29, 0.717) is 22.7 Å². The number of rotatable bonds is 7. The number of halogens is 2. The van der Waals surface area contributed by atoms with Gasteiger partial charge < -0.3 is 10.3 Å². The molecular weight excluding hydrogens is 554 g/mol. The minimum atomic E-state index is -3.42. The Balaban J connectivity index is 1.50. The Morgan fingerprint density at radius 1 is 1.29 bits per heavy atom. The number of benzene rings is 1. The van der Waals surface area contributed by atoms with Crippen molar-refractivity contribution in [1.82, 2.24) is 24.2 Å². The molecule has 1 fully saturated rings. The standard InChI is InChI=1S/C19H20FIN6O2S2/c20-13-4-1-10-7-14(21)15(8-12(10)13)30-19-25-16-17(22)23-9-24-18(16)27(19)5-6-31(28,29)26-11-2-3-11/h7-9,11,13,26H,1-6H2,(H2,22,23,24). The number of imidazole rings is 1. The van der Waals surface area contributed by atoms with Gasteiger partial charge >= 0.3 is 0 Å². The van der Waals surface area contributed by atoms with Crippen LogP contribution in [0.2, 0.25) is 0 Å². The molecule has 12 heteroatoms. The molecule has 3 N–H and O–H groups in total. The molecule has 0 spiro atoms. The molecule has 31 heavy (non-hydrogen) atoms. The molecule has 5 rings (SSSR count). The second-order valence-electron chi connectivity index (χ2n) is 7.78. The van der Waals surface area contributed by atoms with Gasteiger partial charge in [0.25, 0.3) is 0 Å². The lowest BCUT2D eigenvalue weighted by atomic mass is 10.1. The summed E-state index contributed by atoms with van der Waals surface area (Å²) in [7, 11) is -3.42. The number of nitrogens with two attached hydrogens (primary N) is 1. The van der Waals surface area contributed by atoms with Crippen LogP contribution in [0.25, 0.3) is 11.2 Å². The van der Waals surface area contributed by atoms with E-state index >= 15 is 0 Å². The van der Waals surface area contributed by atoms with Crippen molar-refractivity contribution in [2.24, 2.45) is 0 Å². The number of hydrogen-bond acceptors (Lipinski definition) is 7. The highest BCUT2D eigenvalue weighted by molar-refractivity contribution is 14.1. The third-order valence-corrected chi connectivity index (χ3v) is 9.15. The van der Waals surface area contributed by atoms with Crippen molar-refractivity contribution in [1.29, 1.82) is 0 Å². The molecule has 164 valence electrons. The monoisotopic (exact) mass is 574 g/mol. The van der Waals surface area contributed by atoms with Crippen LogP contribution in [0.5, 0.6) is 0 Å². The molecule has 2 heterocycles. The summed E-state index contributed by atoms with van der Waals surface area (Å²) in [5.41, 5.74) is 8.67. The van der Waals surface area contributed by atoms with Gasteiger partial charge in [-0.2, -0.15) is 0 Å². The van der Waals surface area contributed by atoms with Gasteiger partial charge in [0.2, 0.25) is 10.0 Å². The smallest absolute Gasteiger partial charge is 0.213 e. The van der Waals surface area contributed by atoms with Gasteiger partial charge in [-0.15, -0.1) is 0 Å². The second kappa shape index (κ2) is 8.12. The van der Waals surface area contributed by atoms with Crippen molar-refractivity contribution < 1.29 is 12.8 Å². The summed E-state index contributed by atoms with van der Waals surface area (Å²) >= 11 is 3.60. The number of nitrogens with zero attached hydrogens (tertiary/aromatic N) is 4. The molecule has 1 atom stereocenters. The van der Waals surface area contributed by atoms with Crippen molar-refractivity contribution in [3.8, 4) is 0 Å². The van der Waals surface area contributed by atoms with Crippen LogP contribution in [-0.4, -0.2) is 39.7 Å². The van der Waals surface area contributed by atoms with Crippen molar-refractivity contribution in [2.45, 2.75) is 54.5 Å². The predicted octanol–water partition coefficient (Wildman–Crippen LogP) is 3.20. The van der Waals surface area contributed by atoms with Crippen LogP contribution >= 0.6 is 34.4 Å². The second-order valence-corrected chi connectivity index (χ2v) is 11.8. The predicted molar refractivity (Wildman–Crippen MR) is 125 cm³/mol. The lowest BCUT2D eigenvalue weighted by Crippen LogP contribution is -2.30. The number of anilines is 1. The molecule has 2 aliphatic rings. The molecule has 2 aromatic heterocycles. The number of alkyl halides is 1. The number of nitrogen functional groups attached to an aromatic ring is 1. The lowest BCUT2D eigenvalue weighted by Gasteiger charge is -2.12. The minimum Gasteiger partial charge on any atom is -0.382 e. The first-order valence-electron chi connectivity index (χ1n) is 9.91. The third-order valence-electron chi connectivity index (χ3n) is 5.43. The Labute approximate surface area is 196 Å². The summed E-state index contributed by atoms with van der Waals surface area (Å²) in [5.74, 6) is 0.136. The van der Waals surface area contributed by atoms with E-state index in [0.717, 1.165) is 38.9 Å². The molecular formula is C19H20FIN6O2S2. The fourth-order valence-electron chi connectivity index (χ4n) is 3.67. The molecule has 8 nitrogen and oxygen atoms in total. The first-order chi connectivity index (χ1) is 14.8. The van der Waals surface area contributed by atoms with Crippen LogP contribution in [0.1, 0.15) is 36.6 Å². The Morgan fingerprint density at radius 2 is 2.10 bits per heavy atom. The highest BCUT2D eigenvalue weighted by Crippen LogP contribution is 2.41. The summed E-state index contributed by atoms with van der Waals surface area (Å²) < 4.78 is 44.6. The minimum absolute atomic E-state index is 0.0537. The third kappa shape index (κ3) is 4.39. The zero-order valence-electron chi connectivity index (χ0n) is 16.4. The van der Waals surface area contributed by atoms with Gasteiger partial charge in [-0.05, 0) is 71.5 Å². The first-order valence-corrected chi connectivity index (χ1v) is 13.5. The van der Waals surface area contributed by atoms with Gasteiger partial charge in [-0.1, -0.05) is 11.8 Å². The number of hydrogen-bond donors (Lipinski definition) is 2. The van der Waals surface area contributed by atoms with Crippen LogP contribution in [-0.2, 0) is 23.0 Å². The van der Waals surface area contributed by atoms with Crippen molar-refractivity contribution >= 4 is 61.4 Å². The van der Waals surface area contributed by atoms with Gasteiger partial charge in [0.15, 0.2) is 22.1 Å². The van der Waals surface area contributed by atoms with Crippen LogP contribution in [0, 0.1) is 3.57 Å². The van der Waals surface area contributed by atoms with Crippen molar-refractivity contribution in [2.75, 3.05) is 11.5 Å². The normalized spacial score (nSPS) is 18.6. The summed E-state index contributed by atoms with van der Waals surface area (Å²) in [5, 5.41) is 0.551. The number of fused-ring (bicyclic) bond motifs is 2. The molecule has 1 unspecified atom stereocenters. The molecule has 1 saturated carbocycles. The van der Waals surface area contributed by atoms with Crippen LogP contribution < -0.4 is 10.5 Å². The SMILES string of the molecule is Nc1ncnc2c1nc(Sc1cc3c(cc1I)CCC3F)n2CCS(=O)(=O)NC1CC1. The summed E-state index contributed by atoms with van der Waals surface area (Å²) in [6.07, 6.45) is 3.40. The van der Waals surface area contributed by atoms with Crippen molar-refractivity contribution in [3.05, 3.63) is 33.2 Å². The summed E-state index contributed by atoms with van der Waals surface area (Å²) in [4.78, 5) is 13.8. The largest absolute Gasteiger partial charge is 0.382 e. The van der Waals surface area contributed by atoms with Crippen LogP contribution in [0.3, 0.4) is 0 Å². The molecule has 0 saturated heterocycles. The molecule has 2 aliphatic carbocycles. The number of nitrogens with one attached hydrogen (secondary N) is 1. The first kappa shape index (κ1) is 21.3. The summed E-state index contributed by atoms with van der Waals surface area (Å²) in [6, 6.07) is 3.95. The van der Waals surface area contributed by atoms with Gasteiger partial charge in [0.05, 0.1) is 5.75 Å². The Bertz CT molecular complexity index is 1280. The van der Waals surface area contributed by atoms with Crippen molar-refractivity contribution in [3.63, 3.8) is 0 Å². The van der Waals surface area contributed by atoms with Gasteiger partial charge in [-0.25, -0.2) is 32.5 Å². The number of aromatic nitrogens is 4. The van der Waals surface area contributed by atoms with Crippen LogP contribution in [0.4, 0.5) is 10.2 Å². The maximum Gasteiger partial charge on any atom is 0.213 e. The van der Waals surface area contributed by atoms with E-state index in [4.69, 9.17) is 5.73 Å². The van der Waals surface area contributed by atoms with E-state index in [1.165, 1.54) is 18.1 Å². The molecule has 0 bridgehead atoms. The molecule has 0 radical (unpaired) electrons. The average molecular weight is 574 g/mol. The van der Waals surface area contributed by atoms with E-state index in [1.807, 2.05) is 12.1 Å². The van der Waals surface area contributed by atoms with E-state index in [2.05, 4.69) is 42.3 Å². The Kier molecular flexibility index (Phi) is 5.59. The fraction of sp³-hybridized carbons (Fsp3) is 0.421. The van der Waals surface area contributed by atoms with Gasteiger partial charge in [0.1, 0.15) is 12.5 Å². The average Bonchev–Trinajstić information content (AvgIpc) is 3.34. The van der Waals surface area contributed by atoms with E-state index in [1.54, 1.807) is 4.57 Å². The van der Waals surface area contributed by atoms with Gasteiger partial charge in [0, 0.05) is 21.1 Å². The Hall–Kier alpha value is -1.51. The van der Waals surface area contributed by atoms with Crippen LogP contribution in [0.15, 0.2) is 28.5 Å². The summed E-state index contributed by atoms with van der Waals surface area (Å²) in [6.45, 7) is 0.171. The topological polar surface area (TPSA) is 116 Å². The van der Waals surface area contributed by atoms with E-state index < -0.39 is 16.2 Å². The molecule has 0 aliphatic heterocycles. The molecule has 0 amide bonds. The zero-order chi connectivity index (χ0) is 21.8. The van der Waals surface area contributed by atoms with E-state index in [-0.39, 0.29) is 24.2 Å². The maximum absolute atomic E-state index is 14.3. The molecule has 1 aromatic carbocycles. The highest BCUT2D eigenvalue weighted by Gasteiger charge is 2.28.